The summed E-state index contributed by atoms with van der Waals surface area (Å²) in [5.41, 5.74) is 2.36. The summed E-state index contributed by atoms with van der Waals surface area (Å²) < 4.78 is 38.9. The molecule has 2 unspecified atom stereocenters. The number of aryl methyl sites for hydroxylation is 1. The number of fused-ring (bicyclic) bond motifs is 1. The number of amides is 1. The molecule has 2 aromatic rings. The second kappa shape index (κ2) is 11.4. The molecule has 0 bridgehead atoms. The van der Waals surface area contributed by atoms with E-state index in [1.54, 1.807) is 0 Å². The molecule has 0 spiro atoms. The van der Waals surface area contributed by atoms with Crippen molar-refractivity contribution in [3.8, 4) is 5.75 Å². The number of carbonyl (C=O) groups excluding carboxylic acids is 2. The number of carbonyl (C=O) groups is 2. The minimum Gasteiger partial charge on any atom is -0.495 e. The maximum absolute atomic E-state index is 13.4. The average Bonchev–Trinajstić information content (AvgIpc) is 3.19. The summed E-state index contributed by atoms with van der Waals surface area (Å²) in [6, 6.07) is 12.1. The smallest absolute Gasteiger partial charge is 0.338 e. The molecule has 0 radical (unpaired) electrons. The Hall–Kier alpha value is -2.91. The van der Waals surface area contributed by atoms with Gasteiger partial charge in [0.1, 0.15) is 10.6 Å². The van der Waals surface area contributed by atoms with Crippen LogP contribution in [0.5, 0.6) is 5.75 Å². The molecule has 9 heteroatoms. The molecule has 1 N–H and O–H groups in total. The fourth-order valence-electron chi connectivity index (χ4n) is 4.90. The monoisotopic (exact) mass is 514 g/mol. The third-order valence-electron chi connectivity index (χ3n) is 6.92. The first-order valence-electron chi connectivity index (χ1n) is 12.6. The molecule has 1 saturated heterocycles. The first-order chi connectivity index (χ1) is 17.3. The number of sulfonamides is 1. The average molecular weight is 515 g/mol. The zero-order valence-electron chi connectivity index (χ0n) is 20.9. The molecule has 2 atom stereocenters. The van der Waals surface area contributed by atoms with Crippen LogP contribution in [0.3, 0.4) is 0 Å². The SMILES string of the molecule is COc1ccc(C(=O)OC(C)C(=O)NC2CCCc3ccccc32)cc1S(=O)(=O)N1CCCCCC1. The molecule has 0 aromatic heterocycles. The highest BCUT2D eigenvalue weighted by atomic mass is 32.2. The number of hydrogen-bond donors (Lipinski definition) is 1. The van der Waals surface area contributed by atoms with Gasteiger partial charge in [0.2, 0.25) is 10.0 Å². The van der Waals surface area contributed by atoms with Crippen LogP contribution >= 0.6 is 0 Å². The van der Waals surface area contributed by atoms with Crippen molar-refractivity contribution in [2.45, 2.75) is 68.9 Å². The van der Waals surface area contributed by atoms with Crippen LogP contribution in [0.2, 0.25) is 0 Å². The lowest BCUT2D eigenvalue weighted by Crippen LogP contribution is -2.39. The minimum absolute atomic E-state index is 0.0480. The van der Waals surface area contributed by atoms with Gasteiger partial charge in [-0.05, 0) is 68.4 Å². The van der Waals surface area contributed by atoms with Gasteiger partial charge >= 0.3 is 5.97 Å². The summed E-state index contributed by atoms with van der Waals surface area (Å²) in [6.07, 6.45) is 5.29. The minimum atomic E-state index is -3.86. The molecule has 1 amide bonds. The zero-order chi connectivity index (χ0) is 25.7. The van der Waals surface area contributed by atoms with Crippen LogP contribution in [-0.2, 0) is 26.0 Å². The standard InChI is InChI=1S/C27H34N2O6S/c1-19(26(30)28-23-13-9-11-20-10-5-6-12-22(20)23)35-27(31)21-14-15-24(34-2)25(18-21)36(32,33)29-16-7-3-4-8-17-29/h5-6,10,12,14-15,18-19,23H,3-4,7-9,11,13,16-17H2,1-2H3,(H,28,30). The van der Waals surface area contributed by atoms with Gasteiger partial charge in [0, 0.05) is 13.1 Å². The van der Waals surface area contributed by atoms with Crippen molar-refractivity contribution in [1.29, 1.82) is 0 Å². The van der Waals surface area contributed by atoms with Gasteiger partial charge in [0.15, 0.2) is 6.10 Å². The van der Waals surface area contributed by atoms with E-state index in [2.05, 4.69) is 11.4 Å². The molecule has 4 rings (SSSR count). The summed E-state index contributed by atoms with van der Waals surface area (Å²) in [7, 11) is -2.46. The molecule has 36 heavy (non-hydrogen) atoms. The van der Waals surface area contributed by atoms with Gasteiger partial charge in [-0.1, -0.05) is 37.1 Å². The number of nitrogens with one attached hydrogen (secondary N) is 1. The van der Waals surface area contributed by atoms with Crippen LogP contribution in [0.15, 0.2) is 47.4 Å². The predicted octanol–water partition coefficient (Wildman–Crippen LogP) is 4.00. The van der Waals surface area contributed by atoms with Crippen molar-refractivity contribution in [2.24, 2.45) is 0 Å². The van der Waals surface area contributed by atoms with E-state index < -0.39 is 28.0 Å². The lowest BCUT2D eigenvalue weighted by Gasteiger charge is -2.27. The van der Waals surface area contributed by atoms with Gasteiger partial charge in [-0.15, -0.1) is 0 Å². The number of benzene rings is 2. The second-order valence-electron chi connectivity index (χ2n) is 9.38. The van der Waals surface area contributed by atoms with Crippen LogP contribution in [0.25, 0.3) is 0 Å². The van der Waals surface area contributed by atoms with Gasteiger partial charge in [-0.2, -0.15) is 4.31 Å². The highest BCUT2D eigenvalue weighted by Crippen LogP contribution is 2.31. The molecule has 0 saturated carbocycles. The number of esters is 1. The Morgan fingerprint density at radius 3 is 2.47 bits per heavy atom. The van der Waals surface area contributed by atoms with E-state index in [1.807, 2.05) is 18.2 Å². The van der Waals surface area contributed by atoms with Crippen LogP contribution in [0.4, 0.5) is 0 Å². The first kappa shape index (κ1) is 26.2. The Labute approximate surface area is 213 Å². The van der Waals surface area contributed by atoms with E-state index in [-0.39, 0.29) is 22.3 Å². The fraction of sp³-hybridized carbons (Fsp3) is 0.481. The molecule has 1 aliphatic carbocycles. The third-order valence-corrected chi connectivity index (χ3v) is 8.84. The highest BCUT2D eigenvalue weighted by Gasteiger charge is 2.30. The van der Waals surface area contributed by atoms with Crippen molar-refractivity contribution >= 4 is 21.9 Å². The summed E-state index contributed by atoms with van der Waals surface area (Å²) in [5, 5.41) is 3.00. The van der Waals surface area contributed by atoms with Gasteiger partial charge in [-0.3, -0.25) is 4.79 Å². The summed E-state index contributed by atoms with van der Waals surface area (Å²) in [5.74, 6) is -0.995. The van der Waals surface area contributed by atoms with Crippen molar-refractivity contribution < 1.29 is 27.5 Å². The molecule has 2 aromatic carbocycles. The Bertz CT molecular complexity index is 1200. The number of rotatable bonds is 7. The Balaban J connectivity index is 1.47. The fourth-order valence-corrected chi connectivity index (χ4v) is 6.60. The summed E-state index contributed by atoms with van der Waals surface area (Å²) in [4.78, 5) is 25.7. The molecule has 8 nitrogen and oxygen atoms in total. The largest absolute Gasteiger partial charge is 0.495 e. The topological polar surface area (TPSA) is 102 Å². The Morgan fingerprint density at radius 1 is 1.03 bits per heavy atom. The van der Waals surface area contributed by atoms with Crippen LogP contribution < -0.4 is 10.1 Å². The third kappa shape index (κ3) is 5.73. The Morgan fingerprint density at radius 2 is 1.75 bits per heavy atom. The number of hydrogen-bond acceptors (Lipinski definition) is 6. The van der Waals surface area contributed by atoms with E-state index in [1.165, 1.54) is 42.1 Å². The first-order valence-corrected chi connectivity index (χ1v) is 14.0. The molecule has 1 heterocycles. The van der Waals surface area contributed by atoms with Crippen LogP contribution in [-0.4, -0.2) is 50.9 Å². The quantitative estimate of drug-likeness (QED) is 0.561. The normalized spacial score (nSPS) is 19.4. The molecule has 1 aliphatic heterocycles. The van der Waals surface area contributed by atoms with Crippen molar-refractivity contribution in [1.82, 2.24) is 9.62 Å². The molecular formula is C27H34N2O6S. The maximum Gasteiger partial charge on any atom is 0.338 e. The van der Waals surface area contributed by atoms with E-state index in [0.717, 1.165) is 50.5 Å². The van der Waals surface area contributed by atoms with Crippen molar-refractivity contribution in [3.05, 3.63) is 59.2 Å². The van der Waals surface area contributed by atoms with E-state index >= 15 is 0 Å². The summed E-state index contributed by atoms with van der Waals surface area (Å²) >= 11 is 0. The van der Waals surface area contributed by atoms with Gasteiger partial charge in [0.05, 0.1) is 18.7 Å². The molecule has 194 valence electrons. The lowest BCUT2D eigenvalue weighted by molar-refractivity contribution is -0.130. The predicted molar refractivity (Wildman–Crippen MR) is 135 cm³/mol. The maximum atomic E-state index is 13.4. The molecule has 1 fully saturated rings. The zero-order valence-corrected chi connectivity index (χ0v) is 21.7. The van der Waals surface area contributed by atoms with Gasteiger partial charge in [0.25, 0.3) is 5.91 Å². The molecular weight excluding hydrogens is 480 g/mol. The number of methoxy groups -OCH3 is 1. The van der Waals surface area contributed by atoms with E-state index in [0.29, 0.717) is 13.1 Å². The molecule has 2 aliphatic rings. The summed E-state index contributed by atoms with van der Waals surface area (Å²) in [6.45, 7) is 2.38. The van der Waals surface area contributed by atoms with E-state index in [9.17, 15) is 18.0 Å². The van der Waals surface area contributed by atoms with Crippen molar-refractivity contribution in [2.75, 3.05) is 20.2 Å². The second-order valence-corrected chi connectivity index (χ2v) is 11.3. The van der Waals surface area contributed by atoms with Crippen LogP contribution in [0, 0.1) is 0 Å². The lowest BCUT2D eigenvalue weighted by atomic mass is 9.87. The van der Waals surface area contributed by atoms with Crippen molar-refractivity contribution in [3.63, 3.8) is 0 Å². The van der Waals surface area contributed by atoms with Crippen LogP contribution in [0.1, 0.15) is 73.0 Å². The van der Waals surface area contributed by atoms with Gasteiger partial charge in [-0.25, -0.2) is 13.2 Å². The van der Waals surface area contributed by atoms with Gasteiger partial charge < -0.3 is 14.8 Å². The van der Waals surface area contributed by atoms with E-state index in [4.69, 9.17) is 9.47 Å². The Kier molecular flexibility index (Phi) is 8.31. The number of nitrogens with zero attached hydrogens (tertiary/aromatic N) is 1. The number of ether oxygens (including phenoxy) is 2. The highest BCUT2D eigenvalue weighted by molar-refractivity contribution is 7.89.